The van der Waals surface area contributed by atoms with Crippen molar-refractivity contribution in [3.8, 4) is 44.8 Å². The van der Waals surface area contributed by atoms with Crippen molar-refractivity contribution in [2.45, 2.75) is 13.3 Å². The largest absolute Gasteiger partial charge is 0.265 e. The molecule has 2 nitrogen and oxygen atoms in total. The molecule has 0 bridgehead atoms. The topological polar surface area (TPSA) is 25.8 Å². The minimum Gasteiger partial charge on any atom is -0.265 e. The van der Waals surface area contributed by atoms with E-state index in [1.165, 1.54) is 54.9 Å². The van der Waals surface area contributed by atoms with Gasteiger partial charge in [-0.05, 0) is 97.6 Å². The standard InChI is InChI=1S/C41H30N2/c1-27-16-17-28-18-19-32(26-33(28)24-27)41-36-12-4-2-10-34(36)40(35-11-3-5-13-37(35)41)31-9-6-8-30(25-31)39-15-7-14-38(43-39)29-20-22-42-23-21-29/h2-23,25-27H,24H2,1H3. The minimum absolute atomic E-state index is 0.561. The Bertz CT molecular complexity index is 2120. The van der Waals surface area contributed by atoms with Crippen LogP contribution in [0.4, 0.5) is 0 Å². The van der Waals surface area contributed by atoms with E-state index in [0.717, 1.165) is 28.9 Å². The maximum atomic E-state index is 5.03. The fraction of sp³-hybridized carbons (Fsp3) is 0.0732. The number of aromatic nitrogens is 2. The highest BCUT2D eigenvalue weighted by Gasteiger charge is 2.18. The van der Waals surface area contributed by atoms with E-state index in [0.29, 0.717) is 5.92 Å². The molecular formula is C41H30N2. The van der Waals surface area contributed by atoms with Gasteiger partial charge in [-0.25, -0.2) is 4.98 Å². The summed E-state index contributed by atoms with van der Waals surface area (Å²) in [5, 5.41) is 5.08. The lowest BCUT2D eigenvalue weighted by Gasteiger charge is -2.20. The Hall–Kier alpha value is -5.34. The zero-order valence-corrected chi connectivity index (χ0v) is 24.0. The van der Waals surface area contributed by atoms with Crippen LogP contribution in [0.3, 0.4) is 0 Å². The Morgan fingerprint density at radius 2 is 1.12 bits per heavy atom. The van der Waals surface area contributed by atoms with Crippen LogP contribution >= 0.6 is 0 Å². The predicted octanol–water partition coefficient (Wildman–Crippen LogP) is 10.7. The van der Waals surface area contributed by atoms with Gasteiger partial charge in [-0.3, -0.25) is 4.98 Å². The summed E-state index contributed by atoms with van der Waals surface area (Å²) in [4.78, 5) is 9.20. The van der Waals surface area contributed by atoms with Crippen LogP contribution in [-0.4, -0.2) is 9.97 Å². The SMILES string of the molecule is CC1C=Cc2ccc(-c3c4ccccc4c(-c4cccc(-c5cccc(-c6ccncc6)n5)c4)c4ccccc34)cc2C1. The van der Waals surface area contributed by atoms with Gasteiger partial charge in [0.1, 0.15) is 0 Å². The molecule has 2 heteroatoms. The molecule has 8 rings (SSSR count). The first kappa shape index (κ1) is 25.4. The number of benzene rings is 5. The van der Waals surface area contributed by atoms with E-state index in [-0.39, 0.29) is 0 Å². The molecule has 0 amide bonds. The summed E-state index contributed by atoms with van der Waals surface area (Å²) in [7, 11) is 0. The Morgan fingerprint density at radius 3 is 1.79 bits per heavy atom. The molecule has 7 aromatic rings. The minimum atomic E-state index is 0.561. The lowest BCUT2D eigenvalue weighted by molar-refractivity contribution is 0.717. The second-order valence-electron chi connectivity index (χ2n) is 11.5. The maximum absolute atomic E-state index is 5.03. The van der Waals surface area contributed by atoms with Crippen LogP contribution in [0.2, 0.25) is 0 Å². The summed E-state index contributed by atoms with van der Waals surface area (Å²) in [5.41, 5.74) is 11.9. The van der Waals surface area contributed by atoms with Crippen LogP contribution in [0, 0.1) is 5.92 Å². The molecule has 0 saturated carbocycles. The zero-order chi connectivity index (χ0) is 28.8. The van der Waals surface area contributed by atoms with Crippen LogP contribution in [0.5, 0.6) is 0 Å². The summed E-state index contributed by atoms with van der Waals surface area (Å²) in [6, 6.07) is 43.9. The number of hydrogen-bond donors (Lipinski definition) is 0. The second kappa shape index (κ2) is 10.5. The summed E-state index contributed by atoms with van der Waals surface area (Å²) < 4.78 is 0. The molecule has 1 aliphatic carbocycles. The van der Waals surface area contributed by atoms with E-state index in [1.54, 1.807) is 0 Å². The Balaban J connectivity index is 1.33. The molecule has 1 atom stereocenters. The maximum Gasteiger partial charge on any atom is 0.0710 e. The third-order valence-electron chi connectivity index (χ3n) is 8.68. The number of allylic oxidation sites excluding steroid dienone is 1. The first-order chi connectivity index (χ1) is 21.2. The highest BCUT2D eigenvalue weighted by Crippen LogP contribution is 2.44. The van der Waals surface area contributed by atoms with Gasteiger partial charge < -0.3 is 0 Å². The van der Waals surface area contributed by atoms with Gasteiger partial charge in [0.15, 0.2) is 0 Å². The van der Waals surface area contributed by atoms with Gasteiger partial charge in [0.25, 0.3) is 0 Å². The first-order valence-electron chi connectivity index (χ1n) is 15.0. The molecule has 0 N–H and O–H groups in total. The highest BCUT2D eigenvalue weighted by atomic mass is 14.7. The molecule has 2 aromatic heterocycles. The van der Waals surface area contributed by atoms with Crippen molar-refractivity contribution in [1.29, 1.82) is 0 Å². The van der Waals surface area contributed by atoms with Gasteiger partial charge in [0.05, 0.1) is 11.4 Å². The molecule has 0 fully saturated rings. The van der Waals surface area contributed by atoms with Crippen molar-refractivity contribution in [2.24, 2.45) is 5.92 Å². The first-order valence-corrected chi connectivity index (χ1v) is 15.0. The van der Waals surface area contributed by atoms with E-state index < -0.39 is 0 Å². The predicted molar refractivity (Wildman–Crippen MR) is 181 cm³/mol. The average Bonchev–Trinajstić information content (AvgIpc) is 3.07. The van der Waals surface area contributed by atoms with Gasteiger partial charge in [0.2, 0.25) is 0 Å². The lowest BCUT2D eigenvalue weighted by Crippen LogP contribution is -2.03. The smallest absolute Gasteiger partial charge is 0.0710 e. The van der Waals surface area contributed by atoms with Crippen molar-refractivity contribution in [2.75, 3.05) is 0 Å². The molecule has 0 radical (unpaired) electrons. The Labute approximate surface area is 252 Å². The summed E-state index contributed by atoms with van der Waals surface area (Å²) in [6.07, 6.45) is 9.30. The van der Waals surface area contributed by atoms with Crippen molar-refractivity contribution >= 4 is 27.6 Å². The van der Waals surface area contributed by atoms with Crippen LogP contribution < -0.4 is 0 Å². The quantitative estimate of drug-likeness (QED) is 0.204. The Kier molecular flexibility index (Phi) is 6.19. The lowest BCUT2D eigenvalue weighted by atomic mass is 9.83. The van der Waals surface area contributed by atoms with E-state index >= 15 is 0 Å². The molecule has 43 heavy (non-hydrogen) atoms. The van der Waals surface area contributed by atoms with Gasteiger partial charge in [-0.15, -0.1) is 0 Å². The van der Waals surface area contributed by atoms with Crippen LogP contribution in [0.15, 0.2) is 140 Å². The molecule has 1 unspecified atom stereocenters. The van der Waals surface area contributed by atoms with Gasteiger partial charge >= 0.3 is 0 Å². The average molecular weight is 551 g/mol. The summed E-state index contributed by atoms with van der Waals surface area (Å²) in [5.74, 6) is 0.561. The number of fused-ring (bicyclic) bond motifs is 3. The molecule has 1 aliphatic rings. The number of hydrogen-bond acceptors (Lipinski definition) is 2. The summed E-state index contributed by atoms with van der Waals surface area (Å²) in [6.45, 7) is 2.30. The fourth-order valence-corrected chi connectivity index (χ4v) is 6.65. The zero-order valence-electron chi connectivity index (χ0n) is 24.0. The molecular weight excluding hydrogens is 520 g/mol. The van der Waals surface area contributed by atoms with Crippen LogP contribution in [-0.2, 0) is 6.42 Å². The fourth-order valence-electron chi connectivity index (χ4n) is 6.65. The molecule has 0 aliphatic heterocycles. The number of rotatable bonds is 4. The molecule has 2 heterocycles. The van der Waals surface area contributed by atoms with Crippen LogP contribution in [0.25, 0.3) is 72.4 Å². The monoisotopic (exact) mass is 550 g/mol. The second-order valence-corrected chi connectivity index (χ2v) is 11.5. The highest BCUT2D eigenvalue weighted by molar-refractivity contribution is 6.21. The van der Waals surface area contributed by atoms with E-state index in [1.807, 2.05) is 24.5 Å². The van der Waals surface area contributed by atoms with Crippen molar-refractivity contribution in [3.05, 3.63) is 151 Å². The normalized spacial score (nSPS) is 14.2. The number of pyridine rings is 2. The molecule has 0 saturated heterocycles. The van der Waals surface area contributed by atoms with E-state index in [9.17, 15) is 0 Å². The van der Waals surface area contributed by atoms with Crippen molar-refractivity contribution < 1.29 is 0 Å². The van der Waals surface area contributed by atoms with E-state index in [2.05, 4.69) is 133 Å². The third kappa shape index (κ3) is 4.52. The molecule has 204 valence electrons. The summed E-state index contributed by atoms with van der Waals surface area (Å²) >= 11 is 0. The van der Waals surface area contributed by atoms with Crippen molar-refractivity contribution in [1.82, 2.24) is 9.97 Å². The molecule has 0 spiro atoms. The molecule has 5 aromatic carbocycles. The van der Waals surface area contributed by atoms with E-state index in [4.69, 9.17) is 4.98 Å². The third-order valence-corrected chi connectivity index (χ3v) is 8.68. The van der Waals surface area contributed by atoms with Crippen molar-refractivity contribution in [3.63, 3.8) is 0 Å². The number of nitrogens with zero attached hydrogens (tertiary/aromatic N) is 2. The van der Waals surface area contributed by atoms with Gasteiger partial charge in [0, 0.05) is 23.5 Å². The van der Waals surface area contributed by atoms with Gasteiger partial charge in [-0.1, -0.05) is 110 Å². The van der Waals surface area contributed by atoms with Gasteiger partial charge in [-0.2, -0.15) is 0 Å². The van der Waals surface area contributed by atoms with Crippen LogP contribution in [0.1, 0.15) is 18.1 Å². The Morgan fingerprint density at radius 1 is 0.535 bits per heavy atom.